The van der Waals surface area contributed by atoms with Crippen LogP contribution in [-0.4, -0.2) is 62.5 Å². The number of benzene rings is 2. The van der Waals surface area contributed by atoms with Crippen molar-refractivity contribution in [2.24, 2.45) is 0 Å². The summed E-state index contributed by atoms with van der Waals surface area (Å²) >= 11 is 0. The number of ether oxygens (including phenoxy) is 4. The van der Waals surface area contributed by atoms with E-state index in [0.29, 0.717) is 29.3 Å². The molecular formula is C26H28N4O4. The van der Waals surface area contributed by atoms with E-state index in [1.54, 1.807) is 39.7 Å². The minimum absolute atomic E-state index is 0.466. The molecule has 34 heavy (non-hydrogen) atoms. The van der Waals surface area contributed by atoms with E-state index in [9.17, 15) is 5.26 Å². The van der Waals surface area contributed by atoms with Crippen LogP contribution in [0.1, 0.15) is 22.5 Å². The van der Waals surface area contributed by atoms with Crippen LogP contribution in [0.15, 0.2) is 42.6 Å². The molecule has 0 spiro atoms. The summed E-state index contributed by atoms with van der Waals surface area (Å²) in [6, 6.07) is 13.6. The first-order chi connectivity index (χ1) is 16.6. The Morgan fingerprint density at radius 3 is 2.50 bits per heavy atom. The molecule has 8 heteroatoms. The Morgan fingerprint density at radius 2 is 1.79 bits per heavy atom. The first-order valence-corrected chi connectivity index (χ1v) is 11.1. The summed E-state index contributed by atoms with van der Waals surface area (Å²) in [5.74, 6) is 2.65. The molecule has 8 nitrogen and oxygen atoms in total. The molecule has 0 N–H and O–H groups in total. The highest BCUT2D eigenvalue weighted by molar-refractivity contribution is 5.64. The Kier molecular flexibility index (Phi) is 7.58. The Morgan fingerprint density at radius 1 is 1.00 bits per heavy atom. The molecule has 0 radical (unpaired) electrons. The fraction of sp³-hybridized carbons (Fsp3) is 0.346. The van der Waals surface area contributed by atoms with Gasteiger partial charge < -0.3 is 18.9 Å². The van der Waals surface area contributed by atoms with Gasteiger partial charge in [-0.2, -0.15) is 5.26 Å². The SMILES string of the molecule is COc1ccc(-c2ccnc(Cc3cc(CN4CCOCC4)c(OC)c(OC)c3)n2)cc1C#N. The van der Waals surface area contributed by atoms with Crippen molar-refractivity contribution >= 4 is 0 Å². The maximum atomic E-state index is 9.41. The number of morpholine rings is 1. The molecule has 2 heterocycles. The van der Waals surface area contributed by atoms with Gasteiger partial charge in [0.05, 0.1) is 45.8 Å². The zero-order valence-electron chi connectivity index (χ0n) is 19.7. The van der Waals surface area contributed by atoms with Crippen LogP contribution < -0.4 is 14.2 Å². The van der Waals surface area contributed by atoms with Gasteiger partial charge in [-0.05, 0) is 35.9 Å². The standard InChI is InChI=1S/C26H28N4O4/c1-31-23-5-4-19(15-20(23)16-27)22-6-7-28-25(29-22)14-18-12-21(17-30-8-10-34-11-9-30)26(33-3)24(13-18)32-2/h4-7,12-13,15H,8-11,14,17H2,1-3H3. The molecule has 0 saturated carbocycles. The summed E-state index contributed by atoms with van der Waals surface area (Å²) in [7, 11) is 4.86. The van der Waals surface area contributed by atoms with Crippen molar-refractivity contribution in [2.75, 3.05) is 47.6 Å². The summed E-state index contributed by atoms with van der Waals surface area (Å²) in [5.41, 5.74) is 4.14. The molecule has 1 aromatic heterocycles. The fourth-order valence-corrected chi connectivity index (χ4v) is 4.11. The second kappa shape index (κ2) is 11.0. The van der Waals surface area contributed by atoms with E-state index in [0.717, 1.165) is 61.0 Å². The third kappa shape index (κ3) is 5.28. The van der Waals surface area contributed by atoms with Gasteiger partial charge in [-0.15, -0.1) is 0 Å². The van der Waals surface area contributed by atoms with Crippen LogP contribution >= 0.6 is 0 Å². The van der Waals surface area contributed by atoms with E-state index in [1.165, 1.54) is 0 Å². The smallest absolute Gasteiger partial charge is 0.165 e. The lowest BCUT2D eigenvalue weighted by atomic mass is 10.0. The van der Waals surface area contributed by atoms with Gasteiger partial charge in [0, 0.05) is 43.4 Å². The van der Waals surface area contributed by atoms with Gasteiger partial charge in [0.2, 0.25) is 0 Å². The number of hydrogen-bond donors (Lipinski definition) is 0. The van der Waals surface area contributed by atoms with E-state index in [-0.39, 0.29) is 0 Å². The molecule has 0 aliphatic carbocycles. The van der Waals surface area contributed by atoms with Crippen molar-refractivity contribution in [1.29, 1.82) is 5.26 Å². The van der Waals surface area contributed by atoms with E-state index < -0.39 is 0 Å². The molecule has 0 amide bonds. The van der Waals surface area contributed by atoms with Crippen molar-refractivity contribution in [3.8, 4) is 34.6 Å². The number of nitrogens with zero attached hydrogens (tertiary/aromatic N) is 4. The van der Waals surface area contributed by atoms with E-state index in [4.69, 9.17) is 23.9 Å². The van der Waals surface area contributed by atoms with Gasteiger partial charge in [0.25, 0.3) is 0 Å². The molecular weight excluding hydrogens is 432 g/mol. The topological polar surface area (TPSA) is 89.7 Å². The van der Waals surface area contributed by atoms with Gasteiger partial charge >= 0.3 is 0 Å². The number of aromatic nitrogens is 2. The Balaban J connectivity index is 1.62. The second-order valence-corrected chi connectivity index (χ2v) is 7.94. The second-order valence-electron chi connectivity index (χ2n) is 7.94. The molecule has 0 bridgehead atoms. The molecule has 1 aliphatic rings. The third-order valence-electron chi connectivity index (χ3n) is 5.80. The normalized spacial score (nSPS) is 13.8. The van der Waals surface area contributed by atoms with Crippen LogP contribution in [-0.2, 0) is 17.7 Å². The molecule has 3 aromatic rings. The lowest BCUT2D eigenvalue weighted by Crippen LogP contribution is -2.35. The predicted octanol–water partition coefficient (Wildman–Crippen LogP) is 3.46. The maximum Gasteiger partial charge on any atom is 0.165 e. The third-order valence-corrected chi connectivity index (χ3v) is 5.80. The molecule has 4 rings (SSSR count). The fourth-order valence-electron chi connectivity index (χ4n) is 4.11. The van der Waals surface area contributed by atoms with Crippen molar-refractivity contribution in [3.05, 3.63) is 65.1 Å². The molecule has 0 atom stereocenters. The molecule has 1 aliphatic heterocycles. The highest BCUT2D eigenvalue weighted by Crippen LogP contribution is 2.34. The first kappa shape index (κ1) is 23.5. The van der Waals surface area contributed by atoms with Gasteiger partial charge in [-0.1, -0.05) is 6.07 Å². The highest BCUT2D eigenvalue weighted by atomic mass is 16.5. The molecule has 2 aromatic carbocycles. The van der Waals surface area contributed by atoms with Crippen molar-refractivity contribution in [1.82, 2.24) is 14.9 Å². The Labute approximate surface area is 199 Å². The summed E-state index contributed by atoms with van der Waals surface area (Å²) in [4.78, 5) is 11.6. The van der Waals surface area contributed by atoms with E-state index >= 15 is 0 Å². The highest BCUT2D eigenvalue weighted by Gasteiger charge is 2.18. The predicted molar refractivity (Wildman–Crippen MR) is 127 cm³/mol. The van der Waals surface area contributed by atoms with Gasteiger partial charge in [-0.25, -0.2) is 9.97 Å². The summed E-state index contributed by atoms with van der Waals surface area (Å²) in [6.07, 6.45) is 2.27. The van der Waals surface area contributed by atoms with Crippen molar-refractivity contribution < 1.29 is 18.9 Å². The maximum absolute atomic E-state index is 9.41. The van der Waals surface area contributed by atoms with Gasteiger partial charge in [-0.3, -0.25) is 4.90 Å². The van der Waals surface area contributed by atoms with Crippen LogP contribution in [0.3, 0.4) is 0 Å². The van der Waals surface area contributed by atoms with Crippen LogP contribution in [0.2, 0.25) is 0 Å². The Hall–Kier alpha value is -3.67. The number of methoxy groups -OCH3 is 3. The number of rotatable bonds is 8. The van der Waals surface area contributed by atoms with Crippen molar-refractivity contribution in [3.63, 3.8) is 0 Å². The van der Waals surface area contributed by atoms with Crippen LogP contribution in [0.25, 0.3) is 11.3 Å². The summed E-state index contributed by atoms with van der Waals surface area (Å²) < 4.78 is 22.0. The van der Waals surface area contributed by atoms with E-state index in [1.807, 2.05) is 18.2 Å². The van der Waals surface area contributed by atoms with Crippen molar-refractivity contribution in [2.45, 2.75) is 13.0 Å². The molecule has 1 fully saturated rings. The largest absolute Gasteiger partial charge is 0.495 e. The van der Waals surface area contributed by atoms with Crippen LogP contribution in [0.5, 0.6) is 17.2 Å². The number of hydrogen-bond acceptors (Lipinski definition) is 8. The molecule has 176 valence electrons. The van der Waals surface area contributed by atoms with E-state index in [2.05, 4.69) is 22.0 Å². The summed E-state index contributed by atoms with van der Waals surface area (Å²) in [5, 5.41) is 9.41. The summed E-state index contributed by atoms with van der Waals surface area (Å²) in [6.45, 7) is 3.98. The lowest BCUT2D eigenvalue weighted by Gasteiger charge is -2.27. The van der Waals surface area contributed by atoms with Gasteiger partial charge in [0.1, 0.15) is 17.6 Å². The minimum atomic E-state index is 0.466. The molecule has 1 saturated heterocycles. The van der Waals surface area contributed by atoms with Crippen LogP contribution in [0, 0.1) is 11.3 Å². The average molecular weight is 461 g/mol. The zero-order chi connectivity index (χ0) is 23.9. The quantitative estimate of drug-likeness (QED) is 0.505. The number of nitriles is 1. The Bertz CT molecular complexity index is 1190. The van der Waals surface area contributed by atoms with Crippen LogP contribution in [0.4, 0.5) is 0 Å². The first-order valence-electron chi connectivity index (χ1n) is 11.1. The van der Waals surface area contributed by atoms with Gasteiger partial charge in [0.15, 0.2) is 11.5 Å². The average Bonchev–Trinajstić information content (AvgIpc) is 2.88. The lowest BCUT2D eigenvalue weighted by molar-refractivity contribution is 0.0338. The monoisotopic (exact) mass is 460 g/mol. The minimum Gasteiger partial charge on any atom is -0.495 e. The zero-order valence-corrected chi connectivity index (χ0v) is 19.7. The molecule has 0 unspecified atom stereocenters.